The number of carboxylic acid groups (broad SMARTS) is 1. The van der Waals surface area contributed by atoms with Crippen molar-refractivity contribution >= 4 is 11.9 Å². The highest BCUT2D eigenvalue weighted by Gasteiger charge is 2.22. The molecule has 0 spiro atoms. The van der Waals surface area contributed by atoms with Crippen LogP contribution < -0.4 is 14.8 Å². The quantitative estimate of drug-likeness (QED) is 0.816. The summed E-state index contributed by atoms with van der Waals surface area (Å²) in [4.78, 5) is 23.7. The largest absolute Gasteiger partial charge is 0.493 e. The monoisotopic (exact) mass is 329 g/mol. The number of benzene rings is 2. The van der Waals surface area contributed by atoms with Crippen molar-refractivity contribution < 1.29 is 24.2 Å². The van der Waals surface area contributed by atoms with Gasteiger partial charge >= 0.3 is 5.97 Å². The topological polar surface area (TPSA) is 84.9 Å². The highest BCUT2D eigenvalue weighted by molar-refractivity contribution is 5.98. The van der Waals surface area contributed by atoms with E-state index >= 15 is 0 Å². The second kappa shape index (κ2) is 8.01. The Kier molecular flexibility index (Phi) is 5.78. The molecule has 0 aliphatic heterocycles. The van der Waals surface area contributed by atoms with Crippen molar-refractivity contribution in [1.82, 2.24) is 5.32 Å². The zero-order chi connectivity index (χ0) is 17.5. The van der Waals surface area contributed by atoms with Gasteiger partial charge in [-0.15, -0.1) is 0 Å². The number of ether oxygens (including phenoxy) is 2. The van der Waals surface area contributed by atoms with Gasteiger partial charge < -0.3 is 19.9 Å². The summed E-state index contributed by atoms with van der Waals surface area (Å²) >= 11 is 0. The van der Waals surface area contributed by atoms with Crippen molar-refractivity contribution in [3.8, 4) is 11.5 Å². The summed E-state index contributed by atoms with van der Waals surface area (Å²) in [6, 6.07) is 13.3. The van der Waals surface area contributed by atoms with Gasteiger partial charge in [0, 0.05) is 0 Å². The van der Waals surface area contributed by atoms with Crippen molar-refractivity contribution in [3.63, 3.8) is 0 Å². The summed E-state index contributed by atoms with van der Waals surface area (Å²) in [7, 11) is 2.93. The van der Waals surface area contributed by atoms with Crippen LogP contribution in [0.4, 0.5) is 0 Å². The number of hydrogen-bond donors (Lipinski definition) is 2. The molecule has 24 heavy (non-hydrogen) atoms. The number of nitrogens with one attached hydrogen (secondary N) is 1. The number of carbonyl (C=O) groups is 2. The SMILES string of the molecule is COc1cccc(C(=O)N[C@@H](CC(=O)O)c2ccccc2)c1OC. The van der Waals surface area contributed by atoms with Gasteiger partial charge in [0.1, 0.15) is 0 Å². The normalized spacial score (nSPS) is 11.4. The third-order valence-electron chi connectivity index (χ3n) is 3.53. The third kappa shape index (κ3) is 4.04. The molecule has 2 rings (SSSR count). The molecule has 0 unspecified atom stereocenters. The van der Waals surface area contributed by atoms with Crippen molar-refractivity contribution in [3.05, 3.63) is 59.7 Å². The molecule has 0 aromatic heterocycles. The average molecular weight is 329 g/mol. The van der Waals surface area contributed by atoms with Gasteiger partial charge in [-0.2, -0.15) is 0 Å². The molecule has 0 fully saturated rings. The van der Waals surface area contributed by atoms with E-state index in [4.69, 9.17) is 14.6 Å². The van der Waals surface area contributed by atoms with Gasteiger partial charge in [0.05, 0.1) is 32.2 Å². The zero-order valence-corrected chi connectivity index (χ0v) is 13.5. The highest BCUT2D eigenvalue weighted by Crippen LogP contribution is 2.31. The molecule has 2 N–H and O–H groups in total. The predicted octanol–water partition coefficient (Wildman–Crippen LogP) is 2.65. The summed E-state index contributed by atoms with van der Waals surface area (Å²) in [6.45, 7) is 0. The van der Waals surface area contributed by atoms with Crippen LogP contribution in [0.2, 0.25) is 0 Å². The number of amides is 1. The number of rotatable bonds is 7. The Labute approximate surface area is 140 Å². The number of carboxylic acids is 1. The van der Waals surface area contributed by atoms with E-state index in [9.17, 15) is 9.59 Å². The van der Waals surface area contributed by atoms with Crippen molar-refractivity contribution in [2.45, 2.75) is 12.5 Å². The Morgan fingerprint density at radius 2 is 1.75 bits per heavy atom. The minimum Gasteiger partial charge on any atom is -0.493 e. The summed E-state index contributed by atoms with van der Waals surface area (Å²) in [5.41, 5.74) is 0.998. The van der Waals surface area contributed by atoms with Crippen molar-refractivity contribution in [1.29, 1.82) is 0 Å². The van der Waals surface area contributed by atoms with Gasteiger partial charge in [0.25, 0.3) is 5.91 Å². The number of para-hydroxylation sites is 1. The number of aliphatic carboxylic acids is 1. The molecule has 2 aromatic carbocycles. The molecule has 6 heteroatoms. The smallest absolute Gasteiger partial charge is 0.305 e. The molecule has 1 atom stereocenters. The molecule has 0 aliphatic carbocycles. The maximum Gasteiger partial charge on any atom is 0.305 e. The molecule has 0 saturated heterocycles. The van der Waals surface area contributed by atoms with Crippen molar-refractivity contribution in [2.24, 2.45) is 0 Å². The molecule has 1 amide bonds. The van der Waals surface area contributed by atoms with Crippen LogP contribution >= 0.6 is 0 Å². The van der Waals surface area contributed by atoms with Gasteiger partial charge in [0.15, 0.2) is 11.5 Å². The molecule has 0 saturated carbocycles. The lowest BCUT2D eigenvalue weighted by Gasteiger charge is -2.19. The van der Waals surface area contributed by atoms with Gasteiger partial charge in [-0.3, -0.25) is 9.59 Å². The van der Waals surface area contributed by atoms with E-state index in [-0.39, 0.29) is 12.0 Å². The van der Waals surface area contributed by atoms with E-state index in [0.29, 0.717) is 11.5 Å². The van der Waals surface area contributed by atoms with E-state index in [2.05, 4.69) is 5.32 Å². The zero-order valence-electron chi connectivity index (χ0n) is 13.5. The summed E-state index contributed by atoms with van der Waals surface area (Å²) in [5, 5.41) is 11.9. The van der Waals surface area contributed by atoms with Crippen LogP contribution in [0.25, 0.3) is 0 Å². The first-order valence-corrected chi connectivity index (χ1v) is 7.35. The molecule has 2 aromatic rings. The first kappa shape index (κ1) is 17.3. The lowest BCUT2D eigenvalue weighted by atomic mass is 10.0. The van der Waals surface area contributed by atoms with Crippen LogP contribution in [0.3, 0.4) is 0 Å². The fraction of sp³-hybridized carbons (Fsp3) is 0.222. The van der Waals surface area contributed by atoms with E-state index in [1.165, 1.54) is 14.2 Å². The number of hydrogen-bond acceptors (Lipinski definition) is 4. The average Bonchev–Trinajstić information content (AvgIpc) is 2.60. The van der Waals surface area contributed by atoms with Gasteiger partial charge in [-0.25, -0.2) is 0 Å². The first-order valence-electron chi connectivity index (χ1n) is 7.35. The number of methoxy groups -OCH3 is 2. The Bertz CT molecular complexity index is 715. The Morgan fingerprint density at radius 1 is 1.04 bits per heavy atom. The lowest BCUT2D eigenvalue weighted by Crippen LogP contribution is -2.30. The molecule has 0 bridgehead atoms. The van der Waals surface area contributed by atoms with E-state index in [1.807, 2.05) is 6.07 Å². The fourth-order valence-corrected chi connectivity index (χ4v) is 2.41. The minimum absolute atomic E-state index is 0.220. The summed E-state index contributed by atoms with van der Waals surface area (Å²) in [5.74, 6) is -0.693. The van der Waals surface area contributed by atoms with E-state index in [0.717, 1.165) is 5.56 Å². The van der Waals surface area contributed by atoms with Crippen LogP contribution in [0.15, 0.2) is 48.5 Å². The standard InChI is InChI=1S/C18H19NO5/c1-23-15-10-6-9-13(17(15)24-2)18(22)19-14(11-16(20)21)12-7-4-3-5-8-12/h3-10,14H,11H2,1-2H3,(H,19,22)(H,20,21)/t14-/m0/s1. The molecule has 0 radical (unpaired) electrons. The molecular formula is C18H19NO5. The highest BCUT2D eigenvalue weighted by atomic mass is 16.5. The predicted molar refractivity (Wildman–Crippen MR) is 88.4 cm³/mol. The first-order chi connectivity index (χ1) is 11.6. The molecule has 0 heterocycles. The van der Waals surface area contributed by atoms with Gasteiger partial charge in [-0.05, 0) is 17.7 Å². The molecule has 0 aliphatic rings. The maximum absolute atomic E-state index is 12.6. The molecule has 6 nitrogen and oxygen atoms in total. The Hall–Kier alpha value is -3.02. The van der Waals surface area contributed by atoms with Gasteiger partial charge in [0.2, 0.25) is 0 Å². The lowest BCUT2D eigenvalue weighted by molar-refractivity contribution is -0.137. The number of carbonyl (C=O) groups excluding carboxylic acids is 1. The summed E-state index contributed by atoms with van der Waals surface area (Å²) < 4.78 is 10.4. The van der Waals surface area contributed by atoms with Crippen LogP contribution in [0, 0.1) is 0 Å². The Morgan fingerprint density at radius 3 is 2.33 bits per heavy atom. The van der Waals surface area contributed by atoms with Crippen molar-refractivity contribution in [2.75, 3.05) is 14.2 Å². The van der Waals surface area contributed by atoms with Crippen LogP contribution in [0.1, 0.15) is 28.4 Å². The minimum atomic E-state index is -0.998. The second-order valence-electron chi connectivity index (χ2n) is 5.08. The second-order valence-corrected chi connectivity index (χ2v) is 5.08. The maximum atomic E-state index is 12.6. The van der Waals surface area contributed by atoms with Crippen LogP contribution in [-0.4, -0.2) is 31.2 Å². The molecular weight excluding hydrogens is 310 g/mol. The molecule has 126 valence electrons. The van der Waals surface area contributed by atoms with E-state index in [1.54, 1.807) is 42.5 Å². The fourth-order valence-electron chi connectivity index (χ4n) is 2.41. The Balaban J connectivity index is 2.30. The third-order valence-corrected chi connectivity index (χ3v) is 3.53. The van der Waals surface area contributed by atoms with Gasteiger partial charge in [-0.1, -0.05) is 36.4 Å². The van der Waals surface area contributed by atoms with E-state index < -0.39 is 17.9 Å². The van der Waals surface area contributed by atoms with Crippen LogP contribution in [-0.2, 0) is 4.79 Å². The van der Waals surface area contributed by atoms with Crippen LogP contribution in [0.5, 0.6) is 11.5 Å². The summed E-state index contributed by atoms with van der Waals surface area (Å²) in [6.07, 6.45) is -0.220.